The number of carbonyl (C=O) groups is 1. The highest BCUT2D eigenvalue weighted by Crippen LogP contribution is 2.20. The van der Waals surface area contributed by atoms with E-state index >= 15 is 0 Å². The lowest BCUT2D eigenvalue weighted by Crippen LogP contribution is -2.40. The van der Waals surface area contributed by atoms with Gasteiger partial charge in [-0.3, -0.25) is 4.79 Å². The van der Waals surface area contributed by atoms with Crippen LogP contribution in [0.2, 0.25) is 0 Å². The Balaban J connectivity index is 1.63. The number of aliphatic hydroxyl groups is 1. The number of aromatic nitrogens is 2. The molecule has 156 valence electrons. The number of H-pyrrole nitrogens is 1. The van der Waals surface area contributed by atoms with Crippen LogP contribution in [0.5, 0.6) is 0 Å². The van der Waals surface area contributed by atoms with E-state index in [-0.39, 0.29) is 12.5 Å². The molecule has 0 spiro atoms. The van der Waals surface area contributed by atoms with Crippen LogP contribution in [-0.2, 0) is 0 Å². The highest BCUT2D eigenvalue weighted by molar-refractivity contribution is 5.94. The summed E-state index contributed by atoms with van der Waals surface area (Å²) >= 11 is 0. The molecule has 1 unspecified atom stereocenters. The van der Waals surface area contributed by atoms with Crippen LogP contribution in [0.3, 0.4) is 0 Å². The summed E-state index contributed by atoms with van der Waals surface area (Å²) in [7, 11) is 0. The first-order chi connectivity index (χ1) is 14.5. The minimum Gasteiger partial charge on any atom is -0.390 e. The van der Waals surface area contributed by atoms with E-state index in [1.54, 1.807) is 30.5 Å². The van der Waals surface area contributed by atoms with Gasteiger partial charge in [-0.25, -0.2) is 4.98 Å². The van der Waals surface area contributed by atoms with Crippen LogP contribution in [0.1, 0.15) is 35.3 Å². The number of nitrogens with two attached hydrogens (primary N) is 1. The summed E-state index contributed by atoms with van der Waals surface area (Å²) in [6.07, 6.45) is 2.90. The molecule has 2 heterocycles. The highest BCUT2D eigenvalue weighted by atomic mass is 16.3. The van der Waals surface area contributed by atoms with Gasteiger partial charge in [0.05, 0.1) is 23.4 Å². The first kappa shape index (κ1) is 21.4. The van der Waals surface area contributed by atoms with Crippen molar-refractivity contribution in [3.05, 3.63) is 59.4 Å². The maximum Gasteiger partial charge on any atom is 0.251 e. The van der Waals surface area contributed by atoms with E-state index in [9.17, 15) is 9.90 Å². The molecule has 0 saturated carbocycles. The van der Waals surface area contributed by atoms with E-state index in [1.807, 2.05) is 26.1 Å². The van der Waals surface area contributed by atoms with Gasteiger partial charge in [-0.1, -0.05) is 25.7 Å². The van der Waals surface area contributed by atoms with Crippen molar-refractivity contribution in [1.82, 2.24) is 20.2 Å². The first-order valence-corrected chi connectivity index (χ1v) is 10.0. The lowest BCUT2D eigenvalue weighted by atomic mass is 10.1. The number of amides is 1. The minimum absolute atomic E-state index is 0.212. The van der Waals surface area contributed by atoms with Gasteiger partial charge in [-0.2, -0.15) is 0 Å². The molecule has 0 saturated heterocycles. The number of hydrogen-bond donors (Lipinski definition) is 4. The predicted octanol–water partition coefficient (Wildman–Crippen LogP) is 1.98. The summed E-state index contributed by atoms with van der Waals surface area (Å²) in [5.74, 6) is 6.31. The summed E-state index contributed by atoms with van der Waals surface area (Å²) in [6, 6.07) is 8.92. The van der Waals surface area contributed by atoms with Gasteiger partial charge in [0.25, 0.3) is 5.91 Å². The van der Waals surface area contributed by atoms with Gasteiger partial charge in [0.1, 0.15) is 5.82 Å². The zero-order valence-electron chi connectivity index (χ0n) is 17.3. The largest absolute Gasteiger partial charge is 0.390 e. The summed E-state index contributed by atoms with van der Waals surface area (Å²) in [5.41, 5.74) is 8.81. The number of nitrogens with one attached hydrogen (secondary N) is 2. The van der Waals surface area contributed by atoms with E-state index < -0.39 is 6.10 Å². The first-order valence-electron chi connectivity index (χ1n) is 10.0. The van der Waals surface area contributed by atoms with Gasteiger partial charge in [0.15, 0.2) is 0 Å². The Morgan fingerprint density at radius 1 is 1.23 bits per heavy atom. The SMILES string of the molecule is CCN(CC)CC(O)CNC(=O)c1ccc(C#Cc2c(N)ncc3[nH]ccc23)cc1. The molecule has 0 fully saturated rings. The molecule has 0 aliphatic carbocycles. The number of aliphatic hydroxyl groups excluding tert-OH is 1. The van der Waals surface area contributed by atoms with Crippen LogP contribution in [0.15, 0.2) is 42.7 Å². The molecule has 7 nitrogen and oxygen atoms in total. The Hall–Kier alpha value is -3.34. The number of nitrogen functional groups attached to an aromatic ring is 1. The van der Waals surface area contributed by atoms with Gasteiger partial charge in [0, 0.05) is 35.8 Å². The van der Waals surface area contributed by atoms with Crippen molar-refractivity contribution in [3.8, 4) is 11.8 Å². The lowest BCUT2D eigenvalue weighted by molar-refractivity contribution is 0.0869. The minimum atomic E-state index is -0.603. The van der Waals surface area contributed by atoms with Crippen LogP contribution < -0.4 is 11.1 Å². The third-order valence-corrected chi connectivity index (χ3v) is 4.98. The number of aromatic amines is 1. The van der Waals surface area contributed by atoms with Crippen LogP contribution in [0, 0.1) is 11.8 Å². The van der Waals surface area contributed by atoms with Crippen molar-refractivity contribution in [2.45, 2.75) is 20.0 Å². The van der Waals surface area contributed by atoms with Crippen molar-refractivity contribution in [2.75, 3.05) is 31.9 Å². The summed E-state index contributed by atoms with van der Waals surface area (Å²) < 4.78 is 0. The molecule has 3 rings (SSSR count). The maximum atomic E-state index is 12.3. The molecular weight excluding hydrogens is 378 g/mol. The van der Waals surface area contributed by atoms with Crippen molar-refractivity contribution in [1.29, 1.82) is 0 Å². The number of hydrogen-bond acceptors (Lipinski definition) is 5. The second-order valence-electron chi connectivity index (χ2n) is 7.00. The smallest absolute Gasteiger partial charge is 0.251 e. The van der Waals surface area contributed by atoms with Crippen LogP contribution in [0.4, 0.5) is 5.82 Å². The number of carbonyl (C=O) groups excluding carboxylic acids is 1. The summed E-state index contributed by atoms with van der Waals surface area (Å²) in [5, 5.41) is 13.8. The van der Waals surface area contributed by atoms with E-state index in [0.717, 1.165) is 29.6 Å². The monoisotopic (exact) mass is 405 g/mol. The molecule has 3 aromatic rings. The fraction of sp³-hybridized carbons (Fsp3) is 0.304. The third-order valence-electron chi connectivity index (χ3n) is 4.98. The second-order valence-corrected chi connectivity index (χ2v) is 7.00. The molecule has 1 aromatic carbocycles. The Morgan fingerprint density at radius 2 is 1.97 bits per heavy atom. The Bertz CT molecular complexity index is 1060. The molecule has 7 heteroatoms. The van der Waals surface area contributed by atoms with Crippen LogP contribution >= 0.6 is 0 Å². The molecule has 1 atom stereocenters. The number of anilines is 1. The van der Waals surface area contributed by atoms with Crippen LogP contribution in [0.25, 0.3) is 10.9 Å². The number of likely N-dealkylation sites (N-methyl/N-ethyl adjacent to an activating group) is 1. The highest BCUT2D eigenvalue weighted by Gasteiger charge is 2.11. The molecule has 30 heavy (non-hydrogen) atoms. The third kappa shape index (κ3) is 5.17. The number of benzene rings is 1. The van der Waals surface area contributed by atoms with Gasteiger partial charge in [-0.15, -0.1) is 0 Å². The fourth-order valence-corrected chi connectivity index (χ4v) is 3.17. The average Bonchev–Trinajstić information content (AvgIpc) is 3.24. The second kappa shape index (κ2) is 9.92. The Labute approximate surface area is 176 Å². The van der Waals surface area contributed by atoms with Gasteiger partial charge >= 0.3 is 0 Å². The number of pyridine rings is 1. The molecular formula is C23H27N5O2. The maximum absolute atomic E-state index is 12.3. The molecule has 2 aromatic heterocycles. The average molecular weight is 406 g/mol. The number of nitrogens with zero attached hydrogens (tertiary/aromatic N) is 2. The molecule has 5 N–H and O–H groups in total. The van der Waals surface area contributed by atoms with Crippen molar-refractivity contribution >= 4 is 22.6 Å². The fourth-order valence-electron chi connectivity index (χ4n) is 3.17. The standard InChI is InChI=1S/C23H27N5O2/c1-3-28(4-2)15-18(29)13-27-23(30)17-8-5-16(6-9-17)7-10-20-19-11-12-25-21(19)14-26-22(20)24/h5-6,8-9,11-12,14,18,25,29H,3-4,13,15H2,1-2H3,(H2,24,26)(H,27,30). The van der Waals surface area contributed by atoms with E-state index in [0.29, 0.717) is 23.5 Å². The quantitative estimate of drug-likeness (QED) is 0.450. The molecule has 0 aliphatic heterocycles. The Morgan fingerprint density at radius 3 is 2.67 bits per heavy atom. The summed E-state index contributed by atoms with van der Waals surface area (Å²) in [4.78, 5) is 21.7. The van der Waals surface area contributed by atoms with Crippen LogP contribution in [-0.4, -0.2) is 58.2 Å². The zero-order chi connectivity index (χ0) is 21.5. The van der Waals surface area contributed by atoms with Gasteiger partial charge in [-0.05, 0) is 43.4 Å². The van der Waals surface area contributed by atoms with Crippen molar-refractivity contribution in [2.24, 2.45) is 0 Å². The summed E-state index contributed by atoms with van der Waals surface area (Å²) in [6.45, 7) is 6.57. The van der Waals surface area contributed by atoms with Gasteiger partial charge < -0.3 is 26.0 Å². The van der Waals surface area contributed by atoms with E-state index in [2.05, 4.69) is 32.0 Å². The van der Waals surface area contributed by atoms with Crippen molar-refractivity contribution < 1.29 is 9.90 Å². The number of fused-ring (bicyclic) bond motifs is 1. The van der Waals surface area contributed by atoms with E-state index in [4.69, 9.17) is 5.73 Å². The van der Waals surface area contributed by atoms with E-state index in [1.165, 1.54) is 0 Å². The molecule has 1 amide bonds. The lowest BCUT2D eigenvalue weighted by Gasteiger charge is -2.22. The predicted molar refractivity (Wildman–Crippen MR) is 119 cm³/mol. The molecule has 0 bridgehead atoms. The normalized spacial score (nSPS) is 11.9. The molecule has 0 aliphatic rings. The Kier molecular flexibility index (Phi) is 7.07. The zero-order valence-corrected chi connectivity index (χ0v) is 17.3. The van der Waals surface area contributed by atoms with Crippen molar-refractivity contribution in [3.63, 3.8) is 0 Å². The number of rotatable bonds is 7. The topological polar surface area (TPSA) is 107 Å². The van der Waals surface area contributed by atoms with Gasteiger partial charge in [0.2, 0.25) is 0 Å². The molecule has 0 radical (unpaired) electrons.